The van der Waals surface area contributed by atoms with E-state index >= 15 is 0 Å². The molecule has 1 aromatic rings. The molecule has 0 radical (unpaired) electrons. The predicted molar refractivity (Wildman–Crippen MR) is 32.9 cm³/mol. The van der Waals surface area contributed by atoms with Crippen LogP contribution in [0.15, 0.2) is 16.9 Å². The van der Waals surface area contributed by atoms with Gasteiger partial charge in [0.1, 0.15) is 0 Å². The fraction of sp³-hybridized carbons (Fsp3) is 0. The Balaban J connectivity index is 2.76. The van der Waals surface area contributed by atoms with Crippen molar-refractivity contribution in [2.75, 3.05) is 3.53 Å². The van der Waals surface area contributed by atoms with Crippen LogP contribution in [-0.4, -0.2) is 0 Å². The average molecular weight is 211 g/mol. The molecule has 2 N–H and O–H groups in total. The number of hydrogen-bond acceptors (Lipinski definition) is 2. The minimum atomic E-state index is 0.876. The second-order valence-electron chi connectivity index (χ2n) is 1.03. The lowest BCUT2D eigenvalue weighted by Gasteiger charge is -1.70. The van der Waals surface area contributed by atoms with Crippen molar-refractivity contribution in [3.05, 3.63) is 12.3 Å². The Hall–Kier alpha value is -0.260. The van der Waals surface area contributed by atoms with Crippen LogP contribution in [-0.2, 0) is 0 Å². The van der Waals surface area contributed by atoms with Gasteiger partial charge in [0.05, 0.1) is 6.07 Å². The van der Waals surface area contributed by atoms with Gasteiger partial charge < -0.3 is 4.52 Å². The topological polar surface area (TPSA) is 39.3 Å². The molecule has 0 spiro atoms. The van der Waals surface area contributed by atoms with E-state index in [9.17, 15) is 0 Å². The van der Waals surface area contributed by atoms with Gasteiger partial charge in [-0.2, -0.15) is 0 Å². The number of hydrogen-bond donors (Lipinski definition) is 1. The van der Waals surface area contributed by atoms with Gasteiger partial charge in [-0.05, 0) is 0 Å². The van der Waals surface area contributed by atoms with Gasteiger partial charge in [0.25, 0.3) is 0 Å². The summed E-state index contributed by atoms with van der Waals surface area (Å²) in [5, 5.41) is 2.59. The van der Waals surface area contributed by atoms with Gasteiger partial charge in [0.2, 0.25) is 22.9 Å². The lowest BCUT2D eigenvalue weighted by atomic mass is 10.7. The number of rotatable bonds is 1. The zero-order chi connectivity index (χ0) is 5.11. The van der Waals surface area contributed by atoms with Crippen molar-refractivity contribution >= 4 is 28.7 Å². The standard InChI is InChI=1S/C3H3IN2O/c4-5-3-1-2-7-6-3/h1-2H,(H,5,6)/p+1. The zero-order valence-electron chi connectivity index (χ0n) is 3.44. The fourth-order valence-electron chi connectivity index (χ4n) is 0.284. The first-order valence-corrected chi connectivity index (χ1v) is 2.83. The number of aromatic nitrogens is 1. The molecule has 4 heteroatoms. The molecule has 1 aromatic heterocycles. The minimum Gasteiger partial charge on any atom is -0.311 e. The van der Waals surface area contributed by atoms with Crippen molar-refractivity contribution in [3.8, 4) is 0 Å². The van der Waals surface area contributed by atoms with Crippen molar-refractivity contribution in [2.24, 2.45) is 0 Å². The Bertz CT molecular complexity index is 127. The van der Waals surface area contributed by atoms with Crippen LogP contribution < -0.4 is 8.69 Å². The molecule has 0 amide bonds. The Kier molecular flexibility index (Phi) is 1.50. The van der Waals surface area contributed by atoms with Crippen molar-refractivity contribution < 1.29 is 9.68 Å². The van der Waals surface area contributed by atoms with Gasteiger partial charge in [-0.15, -0.1) is 0 Å². The summed E-state index contributed by atoms with van der Waals surface area (Å²) in [6.45, 7) is 0. The summed E-state index contributed by atoms with van der Waals surface area (Å²) >= 11 is 2.01. The third kappa shape index (κ3) is 1.05. The highest BCUT2D eigenvalue weighted by molar-refractivity contribution is 14.1. The molecule has 0 aliphatic carbocycles. The molecule has 1 heterocycles. The number of H-pyrrole nitrogens is 1. The van der Waals surface area contributed by atoms with E-state index in [2.05, 4.69) is 13.2 Å². The van der Waals surface area contributed by atoms with Gasteiger partial charge in [0, 0.05) is 0 Å². The lowest BCUT2D eigenvalue weighted by Crippen LogP contribution is -1.98. The van der Waals surface area contributed by atoms with Gasteiger partial charge >= 0.3 is 5.82 Å². The lowest BCUT2D eigenvalue weighted by molar-refractivity contribution is -0.595. The van der Waals surface area contributed by atoms with Gasteiger partial charge in [0.15, 0.2) is 6.26 Å². The van der Waals surface area contributed by atoms with E-state index in [1.54, 1.807) is 12.3 Å². The van der Waals surface area contributed by atoms with Crippen molar-refractivity contribution in [1.29, 1.82) is 0 Å². The molecular weight excluding hydrogens is 207 g/mol. The first-order valence-electron chi connectivity index (χ1n) is 1.75. The molecule has 0 unspecified atom stereocenters. The maximum absolute atomic E-state index is 4.61. The zero-order valence-corrected chi connectivity index (χ0v) is 5.60. The maximum atomic E-state index is 4.61. The van der Waals surface area contributed by atoms with Crippen LogP contribution >= 0.6 is 22.9 Å². The van der Waals surface area contributed by atoms with E-state index in [0.29, 0.717) is 0 Å². The number of halogens is 1. The molecule has 7 heavy (non-hydrogen) atoms. The van der Waals surface area contributed by atoms with Crippen LogP contribution in [0.5, 0.6) is 0 Å². The molecule has 0 aromatic carbocycles. The summed E-state index contributed by atoms with van der Waals surface area (Å²) in [5.74, 6) is 0.876. The summed E-state index contributed by atoms with van der Waals surface area (Å²) in [4.78, 5) is 0. The molecule has 0 aliphatic rings. The highest BCUT2D eigenvalue weighted by Gasteiger charge is 1.94. The first-order chi connectivity index (χ1) is 3.43. The predicted octanol–water partition coefficient (Wildman–Crippen LogP) is 0.856. The van der Waals surface area contributed by atoms with E-state index in [0.717, 1.165) is 5.82 Å². The third-order valence-electron chi connectivity index (χ3n) is 0.573. The van der Waals surface area contributed by atoms with Gasteiger partial charge in [-0.3, -0.25) is 0 Å². The van der Waals surface area contributed by atoms with Crippen LogP contribution in [0, 0.1) is 0 Å². The number of nitrogens with one attached hydrogen (secondary N) is 2. The van der Waals surface area contributed by atoms with Gasteiger partial charge in [-0.25, -0.2) is 3.53 Å². The Morgan fingerprint density at radius 2 is 2.71 bits per heavy atom. The van der Waals surface area contributed by atoms with Crippen LogP contribution in [0.4, 0.5) is 5.82 Å². The van der Waals surface area contributed by atoms with Crippen molar-refractivity contribution in [2.45, 2.75) is 0 Å². The number of anilines is 1. The molecule has 3 nitrogen and oxygen atoms in total. The summed E-state index contributed by atoms with van der Waals surface area (Å²) < 4.78 is 7.44. The summed E-state index contributed by atoms with van der Waals surface area (Å²) in [6, 6.07) is 1.80. The van der Waals surface area contributed by atoms with Gasteiger partial charge in [-0.1, -0.05) is 5.16 Å². The monoisotopic (exact) mass is 211 g/mol. The maximum Gasteiger partial charge on any atom is 0.318 e. The van der Waals surface area contributed by atoms with Crippen molar-refractivity contribution in [3.63, 3.8) is 0 Å². The molecule has 1 rings (SSSR count). The molecule has 38 valence electrons. The van der Waals surface area contributed by atoms with Crippen LogP contribution in [0.25, 0.3) is 0 Å². The van der Waals surface area contributed by atoms with E-state index in [-0.39, 0.29) is 0 Å². The molecular formula is C3H4IN2O+. The summed E-state index contributed by atoms with van der Waals surface area (Å²) in [6.07, 6.45) is 1.57. The second-order valence-corrected chi connectivity index (χ2v) is 1.57. The normalized spacial score (nSPS) is 8.71. The summed E-state index contributed by atoms with van der Waals surface area (Å²) in [5.41, 5.74) is 0. The number of aromatic amines is 1. The quantitative estimate of drug-likeness (QED) is 0.552. The van der Waals surface area contributed by atoms with Crippen molar-refractivity contribution in [1.82, 2.24) is 0 Å². The second kappa shape index (κ2) is 2.15. The van der Waals surface area contributed by atoms with E-state index in [1.165, 1.54) is 0 Å². The smallest absolute Gasteiger partial charge is 0.311 e. The molecule has 0 aliphatic heterocycles. The van der Waals surface area contributed by atoms with E-state index in [4.69, 9.17) is 0 Å². The molecule has 0 saturated heterocycles. The van der Waals surface area contributed by atoms with E-state index in [1.807, 2.05) is 22.9 Å². The average Bonchev–Trinajstić information content (AvgIpc) is 2.14. The van der Waals surface area contributed by atoms with E-state index < -0.39 is 0 Å². The summed E-state index contributed by atoms with van der Waals surface area (Å²) in [7, 11) is 0. The first kappa shape index (κ1) is 4.89. The highest BCUT2D eigenvalue weighted by Crippen LogP contribution is 1.96. The highest BCUT2D eigenvalue weighted by atomic mass is 127. The molecule has 0 saturated carbocycles. The van der Waals surface area contributed by atoms with Crippen LogP contribution in [0.3, 0.4) is 0 Å². The largest absolute Gasteiger partial charge is 0.318 e. The SMILES string of the molecule is INc1cco[nH+]1. The van der Waals surface area contributed by atoms with Crippen LogP contribution in [0.2, 0.25) is 0 Å². The minimum absolute atomic E-state index is 0.876. The third-order valence-corrected chi connectivity index (χ3v) is 1.15. The molecule has 0 atom stereocenters. The Morgan fingerprint density at radius 1 is 1.86 bits per heavy atom. The molecule has 0 fully saturated rings. The fourth-order valence-corrected chi connectivity index (χ4v) is 0.574. The molecule has 0 bridgehead atoms. The van der Waals surface area contributed by atoms with Crippen LogP contribution in [0.1, 0.15) is 0 Å². The Morgan fingerprint density at radius 3 is 3.00 bits per heavy atom. The Labute approximate surface area is 54.6 Å².